The van der Waals surface area contributed by atoms with Crippen molar-refractivity contribution in [3.05, 3.63) is 0 Å². The Balaban J connectivity index is 2.59. The number of esters is 1. The number of ether oxygens (including phenoxy) is 1. The molecule has 1 fully saturated rings. The Bertz CT molecular complexity index is 405. The standard InChI is InChI=1S/C11H22N2O4S/c1-13(6-7-18(3,15)16)8-11(12,9-4-5-9)10(14)17-2/h9H,4-8,12H2,1-3H3. The number of likely N-dealkylation sites (N-methyl/N-ethyl adjacent to an activating group) is 1. The van der Waals surface area contributed by atoms with Crippen molar-refractivity contribution < 1.29 is 17.9 Å². The van der Waals surface area contributed by atoms with Gasteiger partial charge in [-0.1, -0.05) is 0 Å². The van der Waals surface area contributed by atoms with Gasteiger partial charge in [0, 0.05) is 19.3 Å². The smallest absolute Gasteiger partial charge is 0.327 e. The van der Waals surface area contributed by atoms with Gasteiger partial charge in [0.1, 0.15) is 15.4 Å². The zero-order chi connectivity index (χ0) is 14.0. The summed E-state index contributed by atoms with van der Waals surface area (Å²) in [5.74, 6) is -0.215. The summed E-state index contributed by atoms with van der Waals surface area (Å²) in [7, 11) is 0.0804. The second kappa shape index (κ2) is 5.54. The first-order valence-corrected chi connectivity index (χ1v) is 7.98. The van der Waals surface area contributed by atoms with Crippen molar-refractivity contribution in [3.8, 4) is 0 Å². The predicted octanol–water partition coefficient (Wildman–Crippen LogP) is -0.757. The fraction of sp³-hybridized carbons (Fsp3) is 0.909. The van der Waals surface area contributed by atoms with Crippen LogP contribution in [0.15, 0.2) is 0 Å². The van der Waals surface area contributed by atoms with Gasteiger partial charge in [0.15, 0.2) is 0 Å². The highest BCUT2D eigenvalue weighted by molar-refractivity contribution is 7.90. The molecule has 1 rings (SSSR count). The molecule has 1 aliphatic carbocycles. The quantitative estimate of drug-likeness (QED) is 0.616. The summed E-state index contributed by atoms with van der Waals surface area (Å²) in [5.41, 5.74) is 5.12. The van der Waals surface area contributed by atoms with Crippen LogP contribution in [0, 0.1) is 5.92 Å². The molecule has 1 saturated carbocycles. The number of nitrogens with zero attached hydrogens (tertiary/aromatic N) is 1. The van der Waals surface area contributed by atoms with Gasteiger partial charge in [0.05, 0.1) is 12.9 Å². The predicted molar refractivity (Wildman–Crippen MR) is 68.9 cm³/mol. The average molecular weight is 278 g/mol. The lowest BCUT2D eigenvalue weighted by Gasteiger charge is -2.31. The summed E-state index contributed by atoms with van der Waals surface area (Å²) in [4.78, 5) is 13.5. The van der Waals surface area contributed by atoms with E-state index in [4.69, 9.17) is 10.5 Å². The van der Waals surface area contributed by atoms with Crippen molar-refractivity contribution in [2.24, 2.45) is 11.7 Å². The van der Waals surface area contributed by atoms with Gasteiger partial charge in [-0.05, 0) is 25.8 Å². The maximum Gasteiger partial charge on any atom is 0.327 e. The highest BCUT2D eigenvalue weighted by atomic mass is 32.2. The highest BCUT2D eigenvalue weighted by Crippen LogP contribution is 2.39. The summed E-state index contributed by atoms with van der Waals surface area (Å²) in [6.07, 6.45) is 3.04. The van der Waals surface area contributed by atoms with E-state index in [0.717, 1.165) is 12.8 Å². The Kier molecular flexibility index (Phi) is 4.74. The second-order valence-electron chi connectivity index (χ2n) is 5.17. The number of hydrogen-bond donors (Lipinski definition) is 1. The average Bonchev–Trinajstić information content (AvgIpc) is 3.08. The number of sulfone groups is 1. The van der Waals surface area contributed by atoms with E-state index in [1.807, 2.05) is 0 Å². The fourth-order valence-corrected chi connectivity index (χ4v) is 2.64. The van der Waals surface area contributed by atoms with Crippen molar-refractivity contribution in [2.45, 2.75) is 18.4 Å². The molecule has 0 radical (unpaired) electrons. The van der Waals surface area contributed by atoms with E-state index in [2.05, 4.69) is 0 Å². The molecule has 0 aromatic rings. The molecule has 2 N–H and O–H groups in total. The number of rotatable bonds is 7. The molecule has 0 aromatic carbocycles. The van der Waals surface area contributed by atoms with E-state index in [-0.39, 0.29) is 11.7 Å². The van der Waals surface area contributed by atoms with Gasteiger partial charge in [-0.3, -0.25) is 4.79 Å². The summed E-state index contributed by atoms with van der Waals surface area (Å²) in [6, 6.07) is 0. The molecule has 0 aromatic heterocycles. The largest absolute Gasteiger partial charge is 0.468 e. The summed E-state index contributed by atoms with van der Waals surface area (Å²) >= 11 is 0. The Morgan fingerprint density at radius 2 is 2.06 bits per heavy atom. The van der Waals surface area contributed by atoms with Crippen LogP contribution >= 0.6 is 0 Å². The zero-order valence-corrected chi connectivity index (χ0v) is 12.0. The first-order chi connectivity index (χ1) is 8.19. The van der Waals surface area contributed by atoms with E-state index >= 15 is 0 Å². The number of methoxy groups -OCH3 is 1. The number of carbonyl (C=O) groups excluding carboxylic acids is 1. The molecule has 0 spiro atoms. The Labute approximate surface area is 108 Å². The van der Waals surface area contributed by atoms with Gasteiger partial charge in [-0.15, -0.1) is 0 Å². The first kappa shape index (κ1) is 15.4. The molecule has 1 unspecified atom stereocenters. The van der Waals surface area contributed by atoms with Crippen molar-refractivity contribution in [1.82, 2.24) is 4.90 Å². The molecule has 0 bridgehead atoms. The summed E-state index contributed by atoms with van der Waals surface area (Å²) < 4.78 is 26.9. The van der Waals surface area contributed by atoms with Gasteiger partial charge >= 0.3 is 5.97 Å². The van der Waals surface area contributed by atoms with Gasteiger partial charge < -0.3 is 15.4 Å². The molecule has 0 heterocycles. The molecule has 0 aliphatic heterocycles. The summed E-state index contributed by atoms with van der Waals surface area (Å²) in [5, 5.41) is 0. The minimum Gasteiger partial charge on any atom is -0.468 e. The van der Waals surface area contributed by atoms with Gasteiger partial charge in [-0.2, -0.15) is 0 Å². The van der Waals surface area contributed by atoms with Crippen LogP contribution in [0.2, 0.25) is 0 Å². The molecule has 1 atom stereocenters. The van der Waals surface area contributed by atoms with Gasteiger partial charge in [0.2, 0.25) is 0 Å². The molecule has 1 aliphatic rings. The lowest BCUT2D eigenvalue weighted by atomic mass is 9.94. The Hall–Kier alpha value is -0.660. The lowest BCUT2D eigenvalue weighted by molar-refractivity contribution is -0.148. The van der Waals surface area contributed by atoms with Crippen LogP contribution in [0.5, 0.6) is 0 Å². The number of hydrogen-bond acceptors (Lipinski definition) is 6. The molecule has 106 valence electrons. The molecular formula is C11H22N2O4S. The third-order valence-electron chi connectivity index (χ3n) is 3.25. The van der Waals surface area contributed by atoms with E-state index in [9.17, 15) is 13.2 Å². The first-order valence-electron chi connectivity index (χ1n) is 5.92. The topological polar surface area (TPSA) is 89.7 Å². The molecule has 0 amide bonds. The third kappa shape index (κ3) is 4.22. The molecule has 0 saturated heterocycles. The fourth-order valence-electron chi connectivity index (χ4n) is 2.00. The van der Waals surface area contributed by atoms with Crippen LogP contribution in [0.3, 0.4) is 0 Å². The highest BCUT2D eigenvalue weighted by Gasteiger charge is 2.49. The molecule has 6 nitrogen and oxygen atoms in total. The molecular weight excluding hydrogens is 256 g/mol. The van der Waals surface area contributed by atoms with Crippen LogP contribution in [0.25, 0.3) is 0 Å². The van der Waals surface area contributed by atoms with Crippen molar-refractivity contribution in [3.63, 3.8) is 0 Å². The van der Waals surface area contributed by atoms with E-state index in [1.54, 1.807) is 11.9 Å². The minimum atomic E-state index is -3.00. The van der Waals surface area contributed by atoms with Crippen LogP contribution in [0.4, 0.5) is 0 Å². The molecule has 18 heavy (non-hydrogen) atoms. The lowest BCUT2D eigenvalue weighted by Crippen LogP contribution is -2.58. The number of carbonyl (C=O) groups is 1. The third-order valence-corrected chi connectivity index (χ3v) is 4.17. The molecule has 7 heteroatoms. The maximum absolute atomic E-state index is 11.8. The van der Waals surface area contributed by atoms with Crippen molar-refractivity contribution in [1.29, 1.82) is 0 Å². The van der Waals surface area contributed by atoms with Crippen molar-refractivity contribution >= 4 is 15.8 Å². The summed E-state index contributed by atoms with van der Waals surface area (Å²) in [6.45, 7) is 0.682. The van der Waals surface area contributed by atoms with Crippen LogP contribution < -0.4 is 5.73 Å². The monoisotopic (exact) mass is 278 g/mol. The Morgan fingerprint density at radius 1 is 1.50 bits per heavy atom. The van der Waals surface area contributed by atoms with Crippen molar-refractivity contribution in [2.75, 3.05) is 39.3 Å². The Morgan fingerprint density at radius 3 is 2.44 bits per heavy atom. The zero-order valence-electron chi connectivity index (χ0n) is 11.2. The maximum atomic E-state index is 11.8. The minimum absolute atomic E-state index is 0.0609. The van der Waals surface area contributed by atoms with Gasteiger partial charge in [-0.25, -0.2) is 8.42 Å². The van der Waals surface area contributed by atoms with E-state index in [0.29, 0.717) is 13.1 Å². The van der Waals surface area contributed by atoms with Crippen LogP contribution in [-0.2, 0) is 19.4 Å². The van der Waals surface area contributed by atoms with E-state index < -0.39 is 21.3 Å². The number of nitrogens with two attached hydrogens (primary N) is 1. The van der Waals surface area contributed by atoms with Crippen LogP contribution in [0.1, 0.15) is 12.8 Å². The van der Waals surface area contributed by atoms with Gasteiger partial charge in [0.25, 0.3) is 0 Å². The van der Waals surface area contributed by atoms with Crippen LogP contribution in [-0.4, -0.2) is 64.1 Å². The SMILES string of the molecule is COC(=O)C(N)(CN(C)CCS(C)(=O)=O)C1CC1. The van der Waals surface area contributed by atoms with E-state index in [1.165, 1.54) is 13.4 Å². The normalized spacial score (nSPS) is 19.6. The second-order valence-corrected chi connectivity index (χ2v) is 7.43.